The molecular formula is C68H120CoN2O18. The molecule has 7 atom stereocenters. The molecule has 0 amide bonds. The maximum Gasteiger partial charge on any atom is 0.508 e. The van der Waals surface area contributed by atoms with Crippen molar-refractivity contribution in [1.82, 2.24) is 0 Å². The minimum Gasteiger partial charge on any atom is -0.507 e. The second-order valence-electron chi connectivity index (χ2n) is 27.3. The van der Waals surface area contributed by atoms with Crippen LogP contribution in [0.3, 0.4) is 0 Å². The number of carbonyl (C=O) groups excluding carboxylic acids is 2. The molecule has 5 rings (SSSR count). The van der Waals surface area contributed by atoms with Gasteiger partial charge in [-0.3, -0.25) is 14.8 Å². The van der Waals surface area contributed by atoms with Gasteiger partial charge >= 0.3 is 12.3 Å². The van der Waals surface area contributed by atoms with E-state index in [0.29, 0.717) is 30.8 Å². The number of aliphatic imine (C=N–C) groups is 2. The zero-order chi connectivity index (χ0) is 68.3. The van der Waals surface area contributed by atoms with Crippen molar-refractivity contribution in [3.05, 3.63) is 57.6 Å². The number of carboxylic acid groups (broad SMARTS) is 1. The Kier molecular flexibility index (Phi) is 44.9. The number of rotatable bonds is 19. The molecule has 3 aliphatic rings. The number of hydrogen-bond donors (Lipinski definition) is 6. The maximum atomic E-state index is 11.3. The fourth-order valence-electron chi connectivity index (χ4n) is 7.20. The van der Waals surface area contributed by atoms with Gasteiger partial charge in [-0.05, 0) is 134 Å². The van der Waals surface area contributed by atoms with Crippen molar-refractivity contribution in [3.8, 4) is 11.5 Å². The molecule has 7 unspecified atom stereocenters. The van der Waals surface area contributed by atoms with E-state index in [1.807, 2.05) is 40.1 Å². The third kappa shape index (κ3) is 47.2. The van der Waals surface area contributed by atoms with Crippen molar-refractivity contribution in [3.63, 3.8) is 0 Å². The smallest absolute Gasteiger partial charge is 0.507 e. The van der Waals surface area contributed by atoms with Crippen LogP contribution >= 0.6 is 0 Å². The van der Waals surface area contributed by atoms with Crippen LogP contribution in [0.25, 0.3) is 0 Å². The summed E-state index contributed by atoms with van der Waals surface area (Å²) in [5.74, 6) is -0.197. The number of phenolic OH excluding ortho intramolecular Hbond substituents is 2. The first-order valence-corrected chi connectivity index (χ1v) is 31.1. The van der Waals surface area contributed by atoms with Crippen LogP contribution in [0.4, 0.5) is 9.59 Å². The van der Waals surface area contributed by atoms with E-state index in [9.17, 15) is 19.8 Å². The second-order valence-corrected chi connectivity index (χ2v) is 27.3. The number of benzene rings is 2. The van der Waals surface area contributed by atoms with E-state index in [1.165, 1.54) is 18.1 Å². The summed E-state index contributed by atoms with van der Waals surface area (Å²) in [6, 6.07) is 8.53. The van der Waals surface area contributed by atoms with Crippen molar-refractivity contribution in [2.24, 2.45) is 9.98 Å². The Hall–Kier alpha value is -4.42. The van der Waals surface area contributed by atoms with E-state index in [0.717, 1.165) is 74.7 Å². The van der Waals surface area contributed by atoms with Crippen molar-refractivity contribution in [1.29, 1.82) is 0 Å². The van der Waals surface area contributed by atoms with E-state index in [4.69, 9.17) is 68.4 Å². The van der Waals surface area contributed by atoms with Gasteiger partial charge in [-0.2, -0.15) is 0 Å². The van der Waals surface area contributed by atoms with Crippen LogP contribution in [0, 0.1) is 0 Å². The fraction of sp³-hybridized carbons (Fsp3) is 0.750. The van der Waals surface area contributed by atoms with E-state index in [-0.39, 0.29) is 114 Å². The average Bonchev–Trinajstić information content (AvgIpc) is 1.29. The molecule has 1 aliphatic carbocycles. The van der Waals surface area contributed by atoms with Crippen LogP contribution in [0.2, 0.25) is 0 Å². The van der Waals surface area contributed by atoms with E-state index >= 15 is 0 Å². The zero-order valence-corrected chi connectivity index (χ0v) is 59.8. The first-order valence-electron chi connectivity index (χ1n) is 31.1. The molecular weight excluding hydrogens is 1190 g/mol. The number of aliphatic hydroxyl groups excluding tert-OH is 3. The van der Waals surface area contributed by atoms with Gasteiger partial charge in [-0.25, -0.2) is 9.59 Å². The summed E-state index contributed by atoms with van der Waals surface area (Å²) in [6.07, 6.45) is 5.34. The first-order chi connectivity index (χ1) is 40.4. The summed E-state index contributed by atoms with van der Waals surface area (Å²) in [5, 5.41) is 55.3. The number of aliphatic carboxylic acids is 1. The number of carboxylic acids is 1. The third-order valence-electron chi connectivity index (χ3n) is 12.1. The van der Waals surface area contributed by atoms with Crippen molar-refractivity contribution < 1.29 is 104 Å². The molecule has 6 N–H and O–H groups in total. The van der Waals surface area contributed by atoms with Crippen LogP contribution in [0.1, 0.15) is 225 Å². The summed E-state index contributed by atoms with van der Waals surface area (Å²) in [7, 11) is 0. The molecule has 0 spiro atoms. The molecule has 20 nitrogen and oxygen atoms in total. The van der Waals surface area contributed by atoms with Crippen LogP contribution in [-0.2, 0) is 85.9 Å². The molecule has 0 bridgehead atoms. The third-order valence-corrected chi connectivity index (χ3v) is 12.1. The molecule has 2 heterocycles. The number of epoxide rings is 2. The summed E-state index contributed by atoms with van der Waals surface area (Å²) in [5.41, 5.74) is 5.39. The van der Waals surface area contributed by atoms with E-state index in [1.54, 1.807) is 34.6 Å². The second kappa shape index (κ2) is 45.0. The molecule has 519 valence electrons. The maximum absolute atomic E-state index is 11.3. The van der Waals surface area contributed by atoms with Gasteiger partial charge < -0.3 is 73.3 Å². The van der Waals surface area contributed by atoms with Gasteiger partial charge in [0.05, 0.1) is 88.9 Å². The minimum absolute atomic E-state index is 0. The Morgan fingerprint density at radius 3 is 1.18 bits per heavy atom. The molecule has 1 radical (unpaired) electrons. The molecule has 2 aromatic rings. The van der Waals surface area contributed by atoms with Gasteiger partial charge in [0.25, 0.3) is 5.97 Å². The van der Waals surface area contributed by atoms with Crippen LogP contribution < -0.4 is 0 Å². The van der Waals surface area contributed by atoms with E-state index in [2.05, 4.69) is 124 Å². The largest absolute Gasteiger partial charge is 0.508 e. The Morgan fingerprint density at radius 1 is 0.596 bits per heavy atom. The van der Waals surface area contributed by atoms with Crippen LogP contribution in [0.5, 0.6) is 11.5 Å². The molecule has 3 fully saturated rings. The van der Waals surface area contributed by atoms with Gasteiger partial charge in [-0.15, -0.1) is 0 Å². The molecule has 2 saturated heterocycles. The summed E-state index contributed by atoms with van der Waals surface area (Å²) in [4.78, 5) is 41.3. The molecule has 2 aromatic carbocycles. The van der Waals surface area contributed by atoms with Crippen molar-refractivity contribution in [2.45, 2.75) is 274 Å². The molecule has 21 heteroatoms. The number of aliphatic hydroxyl groups is 3. The average molecular weight is 1310 g/mol. The molecule has 1 saturated carbocycles. The number of nitrogens with zero attached hydrogens (tertiary/aromatic N) is 2. The van der Waals surface area contributed by atoms with Gasteiger partial charge in [0.1, 0.15) is 36.9 Å². The minimum atomic E-state index is -0.833. The summed E-state index contributed by atoms with van der Waals surface area (Å²) in [6.45, 7) is 50.8. The number of ether oxygens (including phenoxy) is 9. The topological polar surface area (TPSA) is 287 Å². The SMILES string of the molecule is C1CO1.CC(=O)O.CC(C)(C)c1cc(C=NC2CCCCC2N=Cc2cc(C(C)(C)C)cc(C(C)(C)C)c2O)c(O)c(C(C)(C)C)c1.CC(C)O.CC(C)OCC(C)OC(=O)OCC(C)OCCO.CC(O)COC(=O)OC(C)COC(C)C.CC1CO1.[Co]. The standard InChI is InChI=1S/C36H54N2O2.C12H24O6.C10H20O5.C3H6O.C3H8O.C2H4O2.C2H4O.Co/c1-33(2,3)25-17-23(31(39)27(19-25)35(7,8)9)21-37-29-15-13-14-16-30(29)38-22-24-18-26(34(4,5)6)20-28(32(24)40)36(10,11)12;1-9(2)16-8-11(4)18-12(14)17-7-10(3)15-6-5-13;1-7(2)13-6-9(4)15-10(12)14-5-8(3)11;1-3-2-4-3;1-3(2)4;1-2(3)4;1-2-3-1;/h17-22,29-30,39-40H,13-16H2,1-12H3;9-11,13H,5-8H2,1-4H3;7-9,11H,5-6H2,1-4H3;3H,2H2,1H3;3-4H,1-2H3;1H3,(H,3,4);1-2H2;. The summed E-state index contributed by atoms with van der Waals surface area (Å²) < 4.78 is 44.2. The Labute approximate surface area is 545 Å². The van der Waals surface area contributed by atoms with Gasteiger partial charge in [-0.1, -0.05) is 108 Å². The molecule has 2 aliphatic heterocycles. The van der Waals surface area contributed by atoms with Crippen molar-refractivity contribution >= 4 is 30.7 Å². The molecule has 89 heavy (non-hydrogen) atoms. The Bertz CT molecular complexity index is 2200. The van der Waals surface area contributed by atoms with E-state index < -0.39 is 24.4 Å². The Morgan fingerprint density at radius 2 is 0.921 bits per heavy atom. The van der Waals surface area contributed by atoms with Crippen LogP contribution in [0.15, 0.2) is 34.3 Å². The normalized spacial score (nSPS) is 17.5. The number of carbonyl (C=O) groups is 3. The van der Waals surface area contributed by atoms with Gasteiger partial charge in [0.15, 0.2) is 0 Å². The fourth-order valence-corrected chi connectivity index (χ4v) is 7.20. The number of phenols is 2. The van der Waals surface area contributed by atoms with Crippen LogP contribution in [-0.4, -0.2) is 182 Å². The Balaban J connectivity index is -0.00000124. The molecule has 0 aromatic heterocycles. The number of aromatic hydroxyl groups is 2. The zero-order valence-electron chi connectivity index (χ0n) is 58.7. The van der Waals surface area contributed by atoms with Crippen molar-refractivity contribution in [2.75, 3.05) is 59.5 Å². The predicted octanol–water partition coefficient (Wildman–Crippen LogP) is 12.7. The monoisotopic (exact) mass is 1310 g/mol. The van der Waals surface area contributed by atoms with Gasteiger partial charge in [0.2, 0.25) is 0 Å². The summed E-state index contributed by atoms with van der Waals surface area (Å²) >= 11 is 0. The first kappa shape index (κ1) is 88.8. The number of hydrogen-bond acceptors (Lipinski definition) is 19. The van der Waals surface area contributed by atoms with Gasteiger partial charge in [0, 0.05) is 64.5 Å². The predicted molar refractivity (Wildman–Crippen MR) is 349 cm³/mol. The quantitative estimate of drug-likeness (QED) is 0.0433.